The minimum Gasteiger partial charge on any atom is -0.468 e. The molecule has 1 atom stereocenters. The highest BCUT2D eigenvalue weighted by molar-refractivity contribution is 7.91. The van der Waals surface area contributed by atoms with Gasteiger partial charge >= 0.3 is 5.97 Å². The van der Waals surface area contributed by atoms with Crippen molar-refractivity contribution in [1.29, 1.82) is 5.41 Å². The first-order valence-corrected chi connectivity index (χ1v) is 14.0. The summed E-state index contributed by atoms with van der Waals surface area (Å²) in [5.41, 5.74) is 6.61. The van der Waals surface area contributed by atoms with Gasteiger partial charge in [0.1, 0.15) is 22.6 Å². The van der Waals surface area contributed by atoms with E-state index in [0.717, 1.165) is 25.2 Å². The summed E-state index contributed by atoms with van der Waals surface area (Å²) in [6.07, 6.45) is 0.232. The van der Waals surface area contributed by atoms with Crippen molar-refractivity contribution >= 4 is 72.1 Å². The minimum atomic E-state index is -4.21. The zero-order chi connectivity index (χ0) is 25.5. The first kappa shape index (κ1) is 25.6. The van der Waals surface area contributed by atoms with Crippen molar-refractivity contribution in [2.45, 2.75) is 30.1 Å². The fraction of sp³-hybridized carbons (Fsp3) is 0.318. The van der Waals surface area contributed by atoms with E-state index >= 15 is 0 Å². The van der Waals surface area contributed by atoms with Crippen LogP contribution in [-0.4, -0.2) is 61.6 Å². The van der Waals surface area contributed by atoms with Crippen LogP contribution in [0.2, 0.25) is 5.02 Å². The summed E-state index contributed by atoms with van der Waals surface area (Å²) in [5, 5.41) is 10.5. The zero-order valence-corrected chi connectivity index (χ0v) is 22.1. The number of likely N-dealkylation sites (tertiary alicyclic amines) is 1. The summed E-state index contributed by atoms with van der Waals surface area (Å²) in [5.74, 6) is -1.21. The predicted molar refractivity (Wildman–Crippen MR) is 137 cm³/mol. The third-order valence-corrected chi connectivity index (χ3v) is 10.7. The van der Waals surface area contributed by atoms with E-state index in [1.165, 1.54) is 18.4 Å². The fourth-order valence-electron chi connectivity index (χ4n) is 4.02. The van der Waals surface area contributed by atoms with Crippen molar-refractivity contribution < 1.29 is 22.7 Å². The van der Waals surface area contributed by atoms with Crippen LogP contribution in [0.4, 0.5) is 0 Å². The number of thiophene rings is 2. The number of methoxy groups -OCH3 is 1. The number of esters is 1. The number of carbonyl (C=O) groups is 2. The predicted octanol–water partition coefficient (Wildman–Crippen LogP) is 3.17. The Hall–Kier alpha value is -2.51. The van der Waals surface area contributed by atoms with Crippen molar-refractivity contribution in [1.82, 2.24) is 9.21 Å². The molecule has 3 heterocycles. The molecule has 0 spiro atoms. The Morgan fingerprint density at radius 1 is 1.37 bits per heavy atom. The maximum absolute atomic E-state index is 13.8. The summed E-state index contributed by atoms with van der Waals surface area (Å²) in [4.78, 5) is 27.9. The van der Waals surface area contributed by atoms with Crippen molar-refractivity contribution in [2.24, 2.45) is 5.73 Å². The molecule has 3 aromatic rings. The van der Waals surface area contributed by atoms with Crippen molar-refractivity contribution in [3.8, 4) is 0 Å². The number of benzene rings is 1. The number of aryl methyl sites for hydroxylation is 1. The van der Waals surface area contributed by atoms with Gasteiger partial charge in [-0.05, 0) is 48.6 Å². The van der Waals surface area contributed by atoms with Crippen LogP contribution in [0.15, 0.2) is 33.9 Å². The largest absolute Gasteiger partial charge is 0.468 e. The quantitative estimate of drug-likeness (QED) is 0.249. The van der Waals surface area contributed by atoms with Gasteiger partial charge in [-0.15, -0.1) is 22.7 Å². The number of nitrogens with one attached hydrogen (secondary N) is 1. The van der Waals surface area contributed by atoms with E-state index in [0.29, 0.717) is 28.1 Å². The summed E-state index contributed by atoms with van der Waals surface area (Å²) in [6, 6.07) is 5.83. The number of carbonyl (C=O) groups excluding carboxylic acids is 2. The second-order valence-electron chi connectivity index (χ2n) is 8.06. The molecule has 0 radical (unpaired) electrons. The number of rotatable bonds is 8. The van der Waals surface area contributed by atoms with Gasteiger partial charge in [-0.2, -0.15) is 4.31 Å². The van der Waals surface area contributed by atoms with Crippen LogP contribution in [0.5, 0.6) is 0 Å². The number of ether oxygens (including phenoxy) is 1. The number of nitrogens with zero attached hydrogens (tertiary/aromatic N) is 2. The molecule has 0 unspecified atom stereocenters. The molecule has 0 bridgehead atoms. The Balaban J connectivity index is 1.66. The lowest BCUT2D eigenvalue weighted by molar-refractivity contribution is -0.141. The lowest BCUT2D eigenvalue weighted by Crippen LogP contribution is -2.47. The number of hydrogen-bond donors (Lipinski definition) is 2. The lowest BCUT2D eigenvalue weighted by atomic mass is 10.2. The first-order valence-electron chi connectivity index (χ1n) is 10.5. The molecule has 2 aromatic heterocycles. The molecule has 35 heavy (non-hydrogen) atoms. The van der Waals surface area contributed by atoms with Gasteiger partial charge in [0.25, 0.3) is 10.0 Å². The summed E-state index contributed by atoms with van der Waals surface area (Å²) >= 11 is 8.55. The van der Waals surface area contributed by atoms with Gasteiger partial charge in [-0.3, -0.25) is 15.0 Å². The molecule has 1 aromatic carbocycles. The Morgan fingerprint density at radius 2 is 2.11 bits per heavy atom. The average Bonchev–Trinajstić information content (AvgIpc) is 3.51. The number of amidine groups is 1. The smallest absolute Gasteiger partial charge is 0.321 e. The number of nitrogens with two attached hydrogens (primary N) is 1. The second-order valence-corrected chi connectivity index (χ2v) is 12.6. The first-order chi connectivity index (χ1) is 16.5. The number of amides is 1. The van der Waals surface area contributed by atoms with Crippen LogP contribution in [0.3, 0.4) is 0 Å². The molecule has 1 fully saturated rings. The van der Waals surface area contributed by atoms with Gasteiger partial charge in [-0.25, -0.2) is 8.42 Å². The molecule has 1 aliphatic heterocycles. The number of fused-ring (bicyclic) bond motifs is 1. The normalized spacial score (nSPS) is 16.4. The molecule has 13 heteroatoms. The maximum atomic E-state index is 13.8. The Labute approximate surface area is 215 Å². The molecular formula is C22H23ClN4O5S3. The Morgan fingerprint density at radius 3 is 2.77 bits per heavy atom. The van der Waals surface area contributed by atoms with Crippen LogP contribution >= 0.6 is 34.3 Å². The fourth-order valence-corrected chi connectivity index (χ4v) is 8.50. The highest BCUT2D eigenvalue weighted by atomic mass is 35.5. The van der Waals surface area contributed by atoms with Crippen molar-refractivity contribution in [3.63, 3.8) is 0 Å². The Bertz CT molecular complexity index is 1430. The summed E-state index contributed by atoms with van der Waals surface area (Å²) in [7, 11) is -3.04. The molecule has 9 nitrogen and oxygen atoms in total. The zero-order valence-electron chi connectivity index (χ0n) is 18.9. The van der Waals surface area contributed by atoms with Crippen LogP contribution in [0.25, 0.3) is 10.1 Å². The Kier molecular flexibility index (Phi) is 7.21. The highest BCUT2D eigenvalue weighted by Gasteiger charge is 2.44. The molecule has 0 aliphatic carbocycles. The van der Waals surface area contributed by atoms with Crippen molar-refractivity contribution in [2.75, 3.05) is 20.2 Å². The standard InChI is InChI=1S/C22H23ClN4O5S3/c1-12-16-8-14(23)3-4-18(16)34-22(12)35(30,31)27(10-19(28)32-2)17-5-6-26(21(17)29)9-15-7-13(11-33-15)20(24)25/h3-4,7-8,11,17H,5-6,9-10H2,1-2H3,(H3,24,25)/t17-/m0/s1. The minimum absolute atomic E-state index is 0.0616. The van der Waals surface area contributed by atoms with E-state index in [2.05, 4.69) is 0 Å². The maximum Gasteiger partial charge on any atom is 0.321 e. The van der Waals surface area contributed by atoms with Gasteiger partial charge in [-0.1, -0.05) is 11.6 Å². The number of halogens is 1. The number of nitrogen functional groups attached to an aromatic ring is 1. The van der Waals surface area contributed by atoms with E-state index < -0.39 is 34.5 Å². The van der Waals surface area contributed by atoms with Gasteiger partial charge in [0.2, 0.25) is 5.91 Å². The molecule has 186 valence electrons. The van der Waals surface area contributed by atoms with Gasteiger partial charge in [0.15, 0.2) is 0 Å². The lowest BCUT2D eigenvalue weighted by Gasteiger charge is -2.26. The molecule has 1 saturated heterocycles. The van der Waals surface area contributed by atoms with Crippen LogP contribution in [0.1, 0.15) is 22.4 Å². The molecule has 1 aliphatic rings. The summed E-state index contributed by atoms with van der Waals surface area (Å²) < 4.78 is 34.1. The molecule has 1 amide bonds. The topological polar surface area (TPSA) is 134 Å². The average molecular weight is 555 g/mol. The van der Waals surface area contributed by atoms with Gasteiger partial charge < -0.3 is 15.4 Å². The van der Waals surface area contributed by atoms with Crippen LogP contribution in [-0.2, 0) is 30.9 Å². The molecule has 3 N–H and O–H groups in total. The third kappa shape index (κ3) is 4.94. The molecule has 4 rings (SSSR count). The van der Waals surface area contributed by atoms with E-state index in [4.69, 9.17) is 27.5 Å². The molecule has 0 saturated carbocycles. The van der Waals surface area contributed by atoms with Gasteiger partial charge in [0, 0.05) is 32.1 Å². The second kappa shape index (κ2) is 9.86. The number of sulfonamides is 1. The summed E-state index contributed by atoms with van der Waals surface area (Å²) in [6.45, 7) is 1.69. The highest BCUT2D eigenvalue weighted by Crippen LogP contribution is 2.38. The SMILES string of the molecule is COC(=O)CN([C@H]1CCN(Cc2cc(C(=N)N)cs2)C1=O)S(=O)(=O)c1sc2ccc(Cl)cc2c1C. The monoisotopic (exact) mass is 554 g/mol. The van der Waals surface area contributed by atoms with E-state index in [1.54, 1.807) is 41.5 Å². The molecular weight excluding hydrogens is 532 g/mol. The van der Waals surface area contributed by atoms with Crippen LogP contribution < -0.4 is 5.73 Å². The number of hydrogen-bond acceptors (Lipinski definition) is 8. The third-order valence-electron chi connectivity index (χ3n) is 5.84. The van der Waals surface area contributed by atoms with Crippen molar-refractivity contribution in [3.05, 3.63) is 50.7 Å². The van der Waals surface area contributed by atoms with E-state index in [1.807, 2.05) is 0 Å². The van der Waals surface area contributed by atoms with Gasteiger partial charge in [0.05, 0.1) is 13.7 Å². The van der Waals surface area contributed by atoms with Crippen LogP contribution in [0, 0.1) is 12.3 Å². The van der Waals surface area contributed by atoms with E-state index in [9.17, 15) is 18.0 Å². The van der Waals surface area contributed by atoms with E-state index in [-0.39, 0.29) is 23.0 Å².